The van der Waals surface area contributed by atoms with Crippen LogP contribution in [-0.2, 0) is 25.7 Å². The van der Waals surface area contributed by atoms with Crippen LogP contribution >= 0.6 is 11.3 Å². The average molecular weight is 671 g/mol. The summed E-state index contributed by atoms with van der Waals surface area (Å²) >= 11 is 1.59. The van der Waals surface area contributed by atoms with Crippen molar-refractivity contribution in [3.05, 3.63) is 41.0 Å². The summed E-state index contributed by atoms with van der Waals surface area (Å²) in [5, 5.41) is 25.0. The van der Waals surface area contributed by atoms with Crippen LogP contribution in [0.5, 0.6) is 0 Å². The van der Waals surface area contributed by atoms with Gasteiger partial charge in [-0.25, -0.2) is 4.98 Å². The summed E-state index contributed by atoms with van der Waals surface area (Å²) < 4.78 is 0. The summed E-state index contributed by atoms with van der Waals surface area (Å²) in [6.07, 6.45) is 9.96. The van der Waals surface area contributed by atoms with Crippen molar-refractivity contribution in [3.8, 4) is 10.4 Å². The van der Waals surface area contributed by atoms with Crippen LogP contribution in [0.15, 0.2) is 29.8 Å². The lowest BCUT2D eigenvalue weighted by Crippen LogP contribution is -2.57. The molecule has 0 aliphatic carbocycles. The highest BCUT2D eigenvalue weighted by Gasteiger charge is 2.44. The van der Waals surface area contributed by atoms with Crippen LogP contribution < -0.4 is 10.6 Å². The van der Waals surface area contributed by atoms with E-state index in [1.165, 1.54) is 4.90 Å². The average Bonchev–Trinajstić information content (AvgIpc) is 3.63. The van der Waals surface area contributed by atoms with Crippen LogP contribution in [0.25, 0.3) is 10.4 Å². The van der Waals surface area contributed by atoms with Crippen LogP contribution in [0.3, 0.4) is 0 Å². The molecule has 0 bridgehead atoms. The molecule has 0 radical (unpaired) electrons. The maximum Gasteiger partial charge on any atom is 0.303 e. The number of amides is 3. The number of carboxylic acid groups (broad SMARTS) is 1. The summed E-state index contributed by atoms with van der Waals surface area (Å²) in [5.74, 6) is -1.59. The molecule has 0 saturated carbocycles. The van der Waals surface area contributed by atoms with Crippen LogP contribution in [-0.4, -0.2) is 68.5 Å². The number of aliphatic carboxylic acids is 1. The Balaban J connectivity index is 1.43. The zero-order valence-corrected chi connectivity index (χ0v) is 29.4. The van der Waals surface area contributed by atoms with Crippen molar-refractivity contribution in [3.63, 3.8) is 0 Å². The predicted molar refractivity (Wildman–Crippen MR) is 185 cm³/mol. The molecular weight excluding hydrogens is 616 g/mol. The Morgan fingerprint density at radius 2 is 1.51 bits per heavy atom. The zero-order chi connectivity index (χ0) is 34.4. The second kappa shape index (κ2) is 18.9. The summed E-state index contributed by atoms with van der Waals surface area (Å²) in [5.41, 5.74) is 4.20. The van der Waals surface area contributed by atoms with Crippen molar-refractivity contribution in [2.24, 2.45) is 5.41 Å². The lowest BCUT2D eigenvalue weighted by Gasteiger charge is -2.35. The third-order valence-electron chi connectivity index (χ3n) is 8.76. The molecule has 11 heteroatoms. The normalized spacial score (nSPS) is 17.0. The first-order valence-electron chi connectivity index (χ1n) is 17.1. The molecule has 1 unspecified atom stereocenters. The third-order valence-corrected chi connectivity index (χ3v) is 9.73. The van der Waals surface area contributed by atoms with Gasteiger partial charge in [0.05, 0.1) is 22.2 Å². The molecular formula is C36H54N4O6S. The van der Waals surface area contributed by atoms with Gasteiger partial charge in [0.2, 0.25) is 17.7 Å². The Bertz CT molecular complexity index is 1310. The van der Waals surface area contributed by atoms with Crippen LogP contribution in [0.4, 0.5) is 0 Å². The Hall–Kier alpha value is -3.31. The molecule has 3 amide bonds. The summed E-state index contributed by atoms with van der Waals surface area (Å²) in [6.45, 7) is 7.99. The number of nitrogens with one attached hydrogen (secondary N) is 2. The van der Waals surface area contributed by atoms with E-state index in [1.807, 2.05) is 57.5 Å². The van der Waals surface area contributed by atoms with Crippen LogP contribution in [0.1, 0.15) is 115 Å². The number of carboxylic acids is 1. The Morgan fingerprint density at radius 1 is 0.936 bits per heavy atom. The van der Waals surface area contributed by atoms with E-state index in [4.69, 9.17) is 5.11 Å². The lowest BCUT2D eigenvalue weighted by atomic mass is 9.85. The molecule has 10 nitrogen and oxygen atoms in total. The fourth-order valence-electron chi connectivity index (χ4n) is 5.99. The summed E-state index contributed by atoms with van der Waals surface area (Å²) in [4.78, 5) is 57.4. The van der Waals surface area contributed by atoms with E-state index in [0.29, 0.717) is 13.0 Å². The topological polar surface area (TPSA) is 149 Å². The number of rotatable bonds is 19. The molecule has 1 aliphatic heterocycles. The molecule has 0 spiro atoms. The fraction of sp³-hybridized carbons (Fsp3) is 0.639. The molecule has 1 aromatic carbocycles. The number of thiazole rings is 1. The standard InChI is InChI=1S/C36H54N4O6S/c1-25-32(47-24-38-25)27-19-17-26(18-20-27)22-37-34(45)29-21-28(41)23-40(29)35(46)33(36(2,3)4)39-30(42)15-13-11-9-7-5-6-8-10-12-14-16-31(43)44/h17-20,24,28-29,33,41H,5-16,21-23H2,1-4H3,(H,37,45)(H,39,42)(H,43,44)/t28-,29+,33?/m1/s1. The van der Waals surface area contributed by atoms with E-state index in [-0.39, 0.29) is 37.1 Å². The highest BCUT2D eigenvalue weighted by Crippen LogP contribution is 2.28. The number of β-amino-alcohol motifs (C(OH)–C–C–N with tert-alkyl or cyclic N) is 1. The highest BCUT2D eigenvalue weighted by molar-refractivity contribution is 7.13. The number of nitrogens with zero attached hydrogens (tertiary/aromatic N) is 2. The molecule has 1 saturated heterocycles. The first-order chi connectivity index (χ1) is 22.4. The number of unbranched alkanes of at least 4 members (excludes halogenated alkanes) is 9. The van der Waals surface area contributed by atoms with Crippen molar-refractivity contribution in [2.75, 3.05) is 6.54 Å². The van der Waals surface area contributed by atoms with Crippen molar-refractivity contribution in [1.82, 2.24) is 20.5 Å². The van der Waals surface area contributed by atoms with Gasteiger partial charge in [-0.1, -0.05) is 96.4 Å². The number of hydrogen-bond acceptors (Lipinski definition) is 7. The lowest BCUT2D eigenvalue weighted by molar-refractivity contribution is -0.144. The monoisotopic (exact) mass is 670 g/mol. The van der Waals surface area contributed by atoms with Crippen molar-refractivity contribution in [1.29, 1.82) is 0 Å². The van der Waals surface area contributed by atoms with Gasteiger partial charge in [0, 0.05) is 32.4 Å². The number of aryl methyl sites for hydroxylation is 1. The van der Waals surface area contributed by atoms with Crippen molar-refractivity contribution >= 4 is 35.0 Å². The van der Waals surface area contributed by atoms with Crippen molar-refractivity contribution < 1.29 is 29.4 Å². The van der Waals surface area contributed by atoms with Crippen molar-refractivity contribution in [2.45, 2.75) is 136 Å². The van der Waals surface area contributed by atoms with Crippen LogP contribution in [0.2, 0.25) is 0 Å². The van der Waals surface area contributed by atoms with Gasteiger partial charge in [0.15, 0.2) is 0 Å². The Kier molecular flexibility index (Phi) is 15.3. The van der Waals surface area contributed by atoms with Gasteiger partial charge in [-0.3, -0.25) is 19.2 Å². The molecule has 1 aromatic heterocycles. The van der Waals surface area contributed by atoms with Gasteiger partial charge in [-0.15, -0.1) is 11.3 Å². The van der Waals surface area contributed by atoms with E-state index in [1.54, 1.807) is 11.3 Å². The molecule has 3 atom stereocenters. The number of aliphatic hydroxyl groups is 1. The summed E-state index contributed by atoms with van der Waals surface area (Å²) in [6, 6.07) is 6.29. The van der Waals surface area contributed by atoms with E-state index in [2.05, 4.69) is 15.6 Å². The number of hydrogen-bond donors (Lipinski definition) is 4. The second-order valence-electron chi connectivity index (χ2n) is 13.9. The number of aliphatic hydroxyl groups excluding tert-OH is 1. The largest absolute Gasteiger partial charge is 0.481 e. The first kappa shape index (κ1) is 38.1. The minimum atomic E-state index is -0.825. The molecule has 2 aromatic rings. The number of benzene rings is 1. The van der Waals surface area contributed by atoms with E-state index < -0.39 is 29.6 Å². The number of aromatic nitrogens is 1. The minimum Gasteiger partial charge on any atom is -0.481 e. The molecule has 1 aliphatic rings. The first-order valence-corrected chi connectivity index (χ1v) is 18.0. The van der Waals surface area contributed by atoms with Gasteiger partial charge < -0.3 is 25.7 Å². The van der Waals surface area contributed by atoms with Crippen LogP contribution in [0, 0.1) is 12.3 Å². The third kappa shape index (κ3) is 12.7. The number of likely N-dealkylation sites (tertiary alicyclic amines) is 1. The molecule has 47 heavy (non-hydrogen) atoms. The fourth-order valence-corrected chi connectivity index (χ4v) is 6.80. The molecule has 260 valence electrons. The SMILES string of the molecule is Cc1ncsc1-c1ccc(CNC(=O)[C@@H]2C[C@@H](O)CN2C(=O)C(NC(=O)CCCCCCCCCCCCC(=O)O)C(C)(C)C)cc1. The van der Waals surface area contributed by atoms with Gasteiger partial charge in [0.25, 0.3) is 0 Å². The number of carbonyl (C=O) groups excluding carboxylic acids is 3. The Labute approximate surface area is 283 Å². The maximum absolute atomic E-state index is 13.8. The van der Waals surface area contributed by atoms with Gasteiger partial charge in [-0.2, -0.15) is 0 Å². The zero-order valence-electron chi connectivity index (χ0n) is 28.6. The molecule has 3 rings (SSSR count). The quantitative estimate of drug-likeness (QED) is 0.134. The highest BCUT2D eigenvalue weighted by atomic mass is 32.1. The minimum absolute atomic E-state index is 0.0462. The van der Waals surface area contributed by atoms with E-state index >= 15 is 0 Å². The van der Waals surface area contributed by atoms with Gasteiger partial charge in [-0.05, 0) is 36.3 Å². The van der Waals surface area contributed by atoms with E-state index in [9.17, 15) is 24.3 Å². The van der Waals surface area contributed by atoms with Gasteiger partial charge >= 0.3 is 5.97 Å². The number of carbonyl (C=O) groups is 4. The predicted octanol–water partition coefficient (Wildman–Crippen LogP) is 5.99. The second-order valence-corrected chi connectivity index (χ2v) is 14.7. The van der Waals surface area contributed by atoms with E-state index in [0.717, 1.165) is 85.9 Å². The summed E-state index contributed by atoms with van der Waals surface area (Å²) in [7, 11) is 0. The smallest absolute Gasteiger partial charge is 0.303 e. The molecule has 4 N–H and O–H groups in total. The Morgan fingerprint density at radius 3 is 2.04 bits per heavy atom. The van der Waals surface area contributed by atoms with Gasteiger partial charge in [0.1, 0.15) is 12.1 Å². The molecule has 1 fully saturated rings. The molecule has 2 heterocycles. The maximum atomic E-state index is 13.8.